The minimum Gasteiger partial charge on any atom is -0.339 e. The van der Waals surface area contributed by atoms with Crippen molar-refractivity contribution in [3.05, 3.63) is 0 Å². The summed E-state index contributed by atoms with van der Waals surface area (Å²) in [6, 6.07) is 0.519. The van der Waals surface area contributed by atoms with Gasteiger partial charge in [-0.25, -0.2) is 0 Å². The third-order valence-electron chi connectivity index (χ3n) is 4.14. The fraction of sp³-hybridized carbons (Fsp3) is 0.923. The van der Waals surface area contributed by atoms with Crippen molar-refractivity contribution in [1.29, 1.82) is 0 Å². The van der Waals surface area contributed by atoms with E-state index < -0.39 is 0 Å². The first-order valence-electron chi connectivity index (χ1n) is 6.74. The smallest absolute Gasteiger partial charge is 0.240 e. The summed E-state index contributed by atoms with van der Waals surface area (Å²) in [5.74, 6) is 0.849. The van der Waals surface area contributed by atoms with Crippen molar-refractivity contribution in [3.63, 3.8) is 0 Å². The lowest BCUT2D eigenvalue weighted by Gasteiger charge is -2.31. The summed E-state index contributed by atoms with van der Waals surface area (Å²) >= 11 is 0. The molecule has 2 heterocycles. The molecule has 0 aliphatic carbocycles. The molecule has 0 saturated carbocycles. The van der Waals surface area contributed by atoms with Crippen LogP contribution in [0.2, 0.25) is 0 Å². The van der Waals surface area contributed by atoms with Crippen LogP contribution < -0.4 is 5.32 Å². The van der Waals surface area contributed by atoms with Gasteiger partial charge in [0.15, 0.2) is 0 Å². The summed E-state index contributed by atoms with van der Waals surface area (Å²) in [4.78, 5) is 14.6. The highest BCUT2D eigenvalue weighted by molar-refractivity contribution is 5.82. The van der Waals surface area contributed by atoms with Gasteiger partial charge in [-0.15, -0.1) is 0 Å². The molecule has 0 spiro atoms. The first-order chi connectivity index (χ1) is 7.70. The fourth-order valence-electron chi connectivity index (χ4n) is 2.95. The van der Waals surface area contributed by atoms with E-state index in [-0.39, 0.29) is 6.04 Å². The van der Waals surface area contributed by atoms with E-state index in [9.17, 15) is 4.79 Å². The largest absolute Gasteiger partial charge is 0.339 e. The first-order valence-corrected chi connectivity index (χ1v) is 6.74. The Balaban J connectivity index is 2.01. The van der Waals surface area contributed by atoms with Crippen LogP contribution >= 0.6 is 0 Å². The number of carbonyl (C=O) groups is 1. The van der Waals surface area contributed by atoms with Gasteiger partial charge in [-0.05, 0) is 38.6 Å². The van der Waals surface area contributed by atoms with Crippen LogP contribution in [-0.2, 0) is 4.79 Å². The summed E-state index contributed by atoms with van der Waals surface area (Å²) in [7, 11) is 0. The lowest BCUT2D eigenvalue weighted by molar-refractivity contribution is -0.135. The molecule has 3 atom stereocenters. The van der Waals surface area contributed by atoms with Crippen molar-refractivity contribution in [2.75, 3.05) is 13.1 Å². The van der Waals surface area contributed by atoms with Crippen LogP contribution in [0.15, 0.2) is 0 Å². The van der Waals surface area contributed by atoms with Crippen LogP contribution in [0, 0.1) is 5.92 Å². The van der Waals surface area contributed by atoms with Gasteiger partial charge >= 0.3 is 0 Å². The zero-order valence-electron chi connectivity index (χ0n) is 10.5. The van der Waals surface area contributed by atoms with Gasteiger partial charge in [0.05, 0.1) is 6.04 Å². The van der Waals surface area contributed by atoms with Gasteiger partial charge in [0, 0.05) is 12.6 Å². The van der Waals surface area contributed by atoms with Crippen molar-refractivity contribution in [1.82, 2.24) is 10.2 Å². The average Bonchev–Trinajstić information content (AvgIpc) is 2.56. The van der Waals surface area contributed by atoms with Gasteiger partial charge in [-0.1, -0.05) is 19.8 Å². The number of rotatable bonds is 1. The second-order valence-corrected chi connectivity index (χ2v) is 5.43. The number of nitrogens with one attached hydrogen (secondary N) is 1. The van der Waals surface area contributed by atoms with E-state index in [1.807, 2.05) is 0 Å². The molecule has 1 amide bonds. The minimum atomic E-state index is 0.0838. The Morgan fingerprint density at radius 2 is 2.00 bits per heavy atom. The predicted octanol–water partition coefficient (Wildman–Crippen LogP) is 1.78. The van der Waals surface area contributed by atoms with Crippen molar-refractivity contribution in [3.8, 4) is 0 Å². The zero-order valence-corrected chi connectivity index (χ0v) is 10.5. The van der Waals surface area contributed by atoms with Crippen molar-refractivity contribution in [2.45, 2.75) is 58.0 Å². The summed E-state index contributed by atoms with van der Waals surface area (Å²) < 4.78 is 0. The van der Waals surface area contributed by atoms with Crippen LogP contribution in [0.25, 0.3) is 0 Å². The predicted molar refractivity (Wildman–Crippen MR) is 65.2 cm³/mol. The molecule has 0 aromatic carbocycles. The topological polar surface area (TPSA) is 32.3 Å². The Kier molecular flexibility index (Phi) is 3.85. The maximum Gasteiger partial charge on any atom is 0.240 e. The maximum absolute atomic E-state index is 12.4. The van der Waals surface area contributed by atoms with Gasteiger partial charge in [0.1, 0.15) is 0 Å². The molecule has 1 N–H and O–H groups in total. The molecule has 2 rings (SSSR count). The number of likely N-dealkylation sites (tertiary alicyclic amines) is 1. The molecule has 0 radical (unpaired) electrons. The molecule has 92 valence electrons. The third-order valence-corrected chi connectivity index (χ3v) is 4.14. The maximum atomic E-state index is 12.4. The van der Waals surface area contributed by atoms with Gasteiger partial charge in [0.25, 0.3) is 0 Å². The van der Waals surface area contributed by atoms with Crippen LogP contribution in [0.4, 0.5) is 0 Å². The molecular formula is C13H24N2O. The minimum absolute atomic E-state index is 0.0838. The van der Waals surface area contributed by atoms with Crippen LogP contribution in [0.5, 0.6) is 0 Å². The SMILES string of the molecule is CC1CCNC1C(=O)N1CCCCCC1C. The third kappa shape index (κ3) is 2.40. The second-order valence-electron chi connectivity index (χ2n) is 5.43. The Morgan fingerprint density at radius 1 is 1.19 bits per heavy atom. The number of hydrogen-bond donors (Lipinski definition) is 1. The molecule has 2 saturated heterocycles. The van der Waals surface area contributed by atoms with Gasteiger partial charge < -0.3 is 10.2 Å². The number of nitrogens with zero attached hydrogens (tertiary/aromatic N) is 1. The highest BCUT2D eigenvalue weighted by Crippen LogP contribution is 2.22. The normalized spacial score (nSPS) is 36.1. The number of amides is 1. The van der Waals surface area contributed by atoms with E-state index in [0.29, 0.717) is 17.9 Å². The van der Waals surface area contributed by atoms with Crippen LogP contribution in [0.3, 0.4) is 0 Å². The van der Waals surface area contributed by atoms with E-state index >= 15 is 0 Å². The van der Waals surface area contributed by atoms with Gasteiger partial charge in [-0.3, -0.25) is 4.79 Å². The molecule has 0 aromatic rings. The van der Waals surface area contributed by atoms with Crippen molar-refractivity contribution >= 4 is 5.91 Å². The molecule has 3 nitrogen and oxygen atoms in total. The molecule has 0 aromatic heterocycles. The number of hydrogen-bond acceptors (Lipinski definition) is 2. The quantitative estimate of drug-likeness (QED) is 0.736. The summed E-state index contributed by atoms with van der Waals surface area (Å²) in [5, 5.41) is 3.35. The van der Waals surface area contributed by atoms with Crippen molar-refractivity contribution in [2.24, 2.45) is 5.92 Å². The molecule has 2 fully saturated rings. The van der Waals surface area contributed by atoms with E-state index in [1.165, 1.54) is 25.7 Å². The van der Waals surface area contributed by atoms with Crippen LogP contribution in [-0.4, -0.2) is 36.0 Å². The molecule has 2 aliphatic rings. The Hall–Kier alpha value is -0.570. The van der Waals surface area contributed by atoms with Crippen LogP contribution in [0.1, 0.15) is 46.0 Å². The van der Waals surface area contributed by atoms with Gasteiger partial charge in [0.2, 0.25) is 5.91 Å². The number of carbonyl (C=O) groups excluding carboxylic acids is 1. The highest BCUT2D eigenvalue weighted by Gasteiger charge is 2.34. The molecule has 0 bridgehead atoms. The monoisotopic (exact) mass is 224 g/mol. The zero-order chi connectivity index (χ0) is 11.5. The lowest BCUT2D eigenvalue weighted by atomic mass is 10.0. The molecule has 3 heteroatoms. The Labute approximate surface area is 98.6 Å². The van der Waals surface area contributed by atoms with Crippen molar-refractivity contribution < 1.29 is 4.79 Å². The first kappa shape index (κ1) is 11.9. The van der Waals surface area contributed by atoms with E-state index in [0.717, 1.165) is 19.5 Å². The summed E-state index contributed by atoms with van der Waals surface area (Å²) in [6.07, 6.45) is 6.04. The fourth-order valence-corrected chi connectivity index (χ4v) is 2.95. The van der Waals surface area contributed by atoms with E-state index in [1.54, 1.807) is 0 Å². The Bertz CT molecular complexity index is 254. The van der Waals surface area contributed by atoms with E-state index in [2.05, 4.69) is 24.1 Å². The summed E-state index contributed by atoms with van der Waals surface area (Å²) in [5.41, 5.74) is 0. The average molecular weight is 224 g/mol. The molecule has 3 unspecified atom stereocenters. The standard InChI is InChI=1S/C13H24N2O/c1-10-7-8-14-12(10)13(16)15-9-5-3-4-6-11(15)2/h10-12,14H,3-9H2,1-2H3. The molecular weight excluding hydrogens is 200 g/mol. The Morgan fingerprint density at radius 3 is 2.69 bits per heavy atom. The van der Waals surface area contributed by atoms with Gasteiger partial charge in [-0.2, -0.15) is 0 Å². The summed E-state index contributed by atoms with van der Waals surface area (Å²) in [6.45, 7) is 6.35. The highest BCUT2D eigenvalue weighted by atomic mass is 16.2. The lowest BCUT2D eigenvalue weighted by Crippen LogP contribution is -2.49. The molecule has 16 heavy (non-hydrogen) atoms. The molecule has 2 aliphatic heterocycles. The van der Waals surface area contributed by atoms with E-state index in [4.69, 9.17) is 0 Å². The second kappa shape index (κ2) is 5.17.